The lowest BCUT2D eigenvalue weighted by molar-refractivity contribution is -0.143. The Morgan fingerprint density at radius 2 is 1.90 bits per heavy atom. The Labute approximate surface area is 184 Å². The third kappa shape index (κ3) is 5.10. The summed E-state index contributed by atoms with van der Waals surface area (Å²) in [5.74, 6) is 0.783. The summed E-state index contributed by atoms with van der Waals surface area (Å²) in [6, 6.07) is 7.01. The van der Waals surface area contributed by atoms with Gasteiger partial charge in [0.1, 0.15) is 0 Å². The van der Waals surface area contributed by atoms with Crippen LogP contribution >= 0.6 is 0 Å². The second kappa shape index (κ2) is 8.88. The SMILES string of the molecule is CC(C(=O)NCCc1ccc(S(N)(=O)=O)cc1)N1CCC2C(CCC(=O)N2C2CC2)C1. The number of carbonyl (C=O) groups excluding carboxylic acids is 2. The Morgan fingerprint density at radius 3 is 2.55 bits per heavy atom. The van der Waals surface area contributed by atoms with Gasteiger partial charge in [-0.2, -0.15) is 0 Å². The van der Waals surface area contributed by atoms with Crippen LogP contribution in [0.1, 0.15) is 44.6 Å². The standard InChI is InChI=1S/C22H32N4O4S/c1-15(22(28)24-12-10-16-2-7-19(8-3-16)31(23,29)30)25-13-11-20-17(14-25)4-9-21(27)26(20)18-5-6-18/h2-3,7-8,15,17-18,20H,4-6,9-14H2,1H3,(H,24,28)(H2,23,29,30). The largest absolute Gasteiger partial charge is 0.354 e. The second-order valence-electron chi connectivity index (χ2n) is 9.09. The van der Waals surface area contributed by atoms with Gasteiger partial charge in [-0.3, -0.25) is 14.5 Å². The van der Waals surface area contributed by atoms with Crippen LogP contribution in [0, 0.1) is 5.92 Å². The van der Waals surface area contributed by atoms with Gasteiger partial charge in [0.05, 0.1) is 10.9 Å². The molecule has 0 radical (unpaired) electrons. The average Bonchev–Trinajstić information content (AvgIpc) is 3.57. The molecule has 8 nitrogen and oxygen atoms in total. The molecule has 3 N–H and O–H groups in total. The number of nitrogens with zero attached hydrogens (tertiary/aromatic N) is 2. The lowest BCUT2D eigenvalue weighted by Gasteiger charge is -2.48. The maximum atomic E-state index is 12.7. The van der Waals surface area contributed by atoms with Crippen molar-refractivity contribution >= 4 is 21.8 Å². The molecule has 3 unspecified atom stereocenters. The molecule has 170 valence electrons. The molecule has 31 heavy (non-hydrogen) atoms. The zero-order chi connectivity index (χ0) is 22.2. The van der Waals surface area contributed by atoms with Crippen LogP contribution < -0.4 is 10.5 Å². The van der Waals surface area contributed by atoms with Crippen LogP contribution in [0.5, 0.6) is 0 Å². The minimum Gasteiger partial charge on any atom is -0.354 e. The number of hydrogen-bond donors (Lipinski definition) is 2. The Morgan fingerprint density at radius 1 is 1.19 bits per heavy atom. The van der Waals surface area contributed by atoms with Crippen LogP contribution in [-0.2, 0) is 26.0 Å². The maximum absolute atomic E-state index is 12.7. The first-order chi connectivity index (χ1) is 14.7. The molecule has 2 heterocycles. The smallest absolute Gasteiger partial charge is 0.238 e. The fourth-order valence-corrected chi connectivity index (χ4v) is 5.50. The quantitative estimate of drug-likeness (QED) is 0.642. The summed E-state index contributed by atoms with van der Waals surface area (Å²) < 4.78 is 22.7. The number of nitrogens with two attached hydrogens (primary N) is 1. The fraction of sp³-hybridized carbons (Fsp3) is 0.636. The lowest BCUT2D eigenvalue weighted by atomic mass is 9.83. The van der Waals surface area contributed by atoms with Gasteiger partial charge in [0.2, 0.25) is 21.8 Å². The highest BCUT2D eigenvalue weighted by molar-refractivity contribution is 7.89. The molecule has 9 heteroatoms. The molecule has 1 aromatic rings. The third-order valence-electron chi connectivity index (χ3n) is 6.93. The van der Waals surface area contributed by atoms with Crippen LogP contribution in [-0.4, -0.2) is 67.8 Å². The van der Waals surface area contributed by atoms with E-state index in [2.05, 4.69) is 15.1 Å². The second-order valence-corrected chi connectivity index (χ2v) is 10.6. The molecular weight excluding hydrogens is 416 g/mol. The monoisotopic (exact) mass is 448 g/mol. The number of benzene rings is 1. The van der Waals surface area contributed by atoms with Crippen molar-refractivity contribution in [3.63, 3.8) is 0 Å². The summed E-state index contributed by atoms with van der Waals surface area (Å²) in [4.78, 5) is 29.6. The number of amides is 2. The van der Waals surface area contributed by atoms with Crippen molar-refractivity contribution in [1.82, 2.24) is 15.1 Å². The zero-order valence-corrected chi connectivity index (χ0v) is 18.8. The van der Waals surface area contributed by atoms with Gasteiger partial charge < -0.3 is 10.2 Å². The number of piperidine rings is 2. The molecule has 3 fully saturated rings. The van der Waals surface area contributed by atoms with Crippen LogP contribution in [0.4, 0.5) is 0 Å². The van der Waals surface area contributed by atoms with E-state index in [1.807, 2.05) is 6.92 Å². The number of carbonyl (C=O) groups is 2. The van der Waals surface area contributed by atoms with Gasteiger partial charge in [-0.25, -0.2) is 13.6 Å². The Bertz CT molecular complexity index is 929. The maximum Gasteiger partial charge on any atom is 0.238 e. The van der Waals surface area contributed by atoms with E-state index in [0.717, 1.165) is 44.3 Å². The van der Waals surface area contributed by atoms with Crippen molar-refractivity contribution in [2.75, 3.05) is 19.6 Å². The molecule has 3 aliphatic rings. The molecule has 1 aliphatic carbocycles. The number of hydrogen-bond acceptors (Lipinski definition) is 5. The first-order valence-corrected chi connectivity index (χ1v) is 12.7. The number of rotatable bonds is 7. The molecule has 1 aromatic carbocycles. The van der Waals surface area contributed by atoms with E-state index in [1.165, 1.54) is 12.1 Å². The minimum absolute atomic E-state index is 0.00513. The van der Waals surface area contributed by atoms with Gasteiger partial charge in [-0.15, -0.1) is 0 Å². The van der Waals surface area contributed by atoms with E-state index in [9.17, 15) is 18.0 Å². The molecule has 2 amide bonds. The Kier molecular flexibility index (Phi) is 6.37. The molecule has 2 saturated heterocycles. The first-order valence-electron chi connectivity index (χ1n) is 11.2. The highest BCUT2D eigenvalue weighted by Crippen LogP contribution is 2.39. The van der Waals surface area contributed by atoms with Crippen LogP contribution in [0.3, 0.4) is 0 Å². The molecule has 4 rings (SSSR count). The topological polar surface area (TPSA) is 113 Å². The molecule has 2 aliphatic heterocycles. The highest BCUT2D eigenvalue weighted by Gasteiger charge is 2.46. The molecule has 0 spiro atoms. The summed E-state index contributed by atoms with van der Waals surface area (Å²) in [6.45, 7) is 4.14. The number of nitrogens with one attached hydrogen (secondary N) is 1. The van der Waals surface area contributed by atoms with Crippen molar-refractivity contribution in [2.45, 2.75) is 68.5 Å². The summed E-state index contributed by atoms with van der Waals surface area (Å²) >= 11 is 0. The summed E-state index contributed by atoms with van der Waals surface area (Å²) in [6.07, 6.45) is 5.40. The fourth-order valence-electron chi connectivity index (χ4n) is 4.99. The normalized spacial score (nSPS) is 25.7. The van der Waals surface area contributed by atoms with Gasteiger partial charge in [-0.1, -0.05) is 12.1 Å². The van der Waals surface area contributed by atoms with Crippen molar-refractivity contribution in [3.8, 4) is 0 Å². The number of sulfonamides is 1. The third-order valence-corrected chi connectivity index (χ3v) is 7.86. The van der Waals surface area contributed by atoms with E-state index < -0.39 is 10.0 Å². The molecule has 0 aromatic heterocycles. The van der Waals surface area contributed by atoms with Crippen LogP contribution in [0.15, 0.2) is 29.2 Å². The molecular formula is C22H32N4O4S. The van der Waals surface area contributed by atoms with Gasteiger partial charge >= 0.3 is 0 Å². The van der Waals surface area contributed by atoms with E-state index in [4.69, 9.17) is 5.14 Å². The van der Waals surface area contributed by atoms with E-state index >= 15 is 0 Å². The predicted octanol–water partition coefficient (Wildman–Crippen LogP) is 0.857. The zero-order valence-electron chi connectivity index (χ0n) is 18.0. The Hall–Kier alpha value is -1.97. The van der Waals surface area contributed by atoms with E-state index in [-0.39, 0.29) is 16.8 Å². The lowest BCUT2D eigenvalue weighted by Crippen LogP contribution is -2.59. The number of primary sulfonamides is 1. The number of likely N-dealkylation sites (tertiary alicyclic amines) is 2. The van der Waals surface area contributed by atoms with Crippen LogP contribution in [0.25, 0.3) is 0 Å². The summed E-state index contributed by atoms with van der Waals surface area (Å²) in [5.41, 5.74) is 0.938. The van der Waals surface area contributed by atoms with Gasteiger partial charge in [0.25, 0.3) is 0 Å². The van der Waals surface area contributed by atoms with Crippen molar-refractivity contribution in [2.24, 2.45) is 11.1 Å². The van der Waals surface area contributed by atoms with E-state index in [1.54, 1.807) is 12.1 Å². The summed E-state index contributed by atoms with van der Waals surface area (Å²) in [7, 11) is -3.69. The predicted molar refractivity (Wildman–Crippen MR) is 117 cm³/mol. The molecule has 1 saturated carbocycles. The number of fused-ring (bicyclic) bond motifs is 1. The van der Waals surface area contributed by atoms with Crippen LogP contribution in [0.2, 0.25) is 0 Å². The van der Waals surface area contributed by atoms with Gasteiger partial charge in [0, 0.05) is 38.1 Å². The van der Waals surface area contributed by atoms with Gasteiger partial charge in [-0.05, 0) is 62.6 Å². The van der Waals surface area contributed by atoms with Crippen molar-refractivity contribution in [1.29, 1.82) is 0 Å². The van der Waals surface area contributed by atoms with Gasteiger partial charge in [0.15, 0.2) is 0 Å². The minimum atomic E-state index is -3.69. The molecule has 0 bridgehead atoms. The molecule has 3 atom stereocenters. The van der Waals surface area contributed by atoms with E-state index in [0.29, 0.717) is 43.3 Å². The first kappa shape index (κ1) is 22.2. The van der Waals surface area contributed by atoms with Crippen molar-refractivity contribution in [3.05, 3.63) is 29.8 Å². The summed E-state index contributed by atoms with van der Waals surface area (Å²) in [5, 5.41) is 8.12. The Balaban J connectivity index is 1.25. The van der Waals surface area contributed by atoms with Crippen molar-refractivity contribution < 1.29 is 18.0 Å². The highest BCUT2D eigenvalue weighted by atomic mass is 32.2. The average molecular weight is 449 g/mol.